The van der Waals surface area contributed by atoms with Gasteiger partial charge in [0.25, 0.3) is 0 Å². The van der Waals surface area contributed by atoms with Crippen molar-refractivity contribution < 1.29 is 14.4 Å². The molecule has 0 spiro atoms. The molecule has 1 aromatic rings. The molecule has 0 radical (unpaired) electrons. The number of fused-ring (bicyclic) bond motifs is 1. The molecule has 0 unspecified atom stereocenters. The smallest absolute Gasteiger partial charge is 0.245 e. The summed E-state index contributed by atoms with van der Waals surface area (Å²) >= 11 is 0. The molecule has 4 rings (SSSR count). The maximum Gasteiger partial charge on any atom is 0.245 e. The number of likely N-dealkylation sites (tertiary alicyclic amines) is 2. The van der Waals surface area contributed by atoms with Crippen LogP contribution < -0.4 is 10.6 Å². The molecule has 4 atom stereocenters. The zero-order valence-electron chi connectivity index (χ0n) is 23.3. The maximum atomic E-state index is 14.0. The van der Waals surface area contributed by atoms with Gasteiger partial charge in [-0.05, 0) is 81.7 Å². The molecule has 7 heteroatoms. The number of piperidine rings is 1. The largest absolute Gasteiger partial charge is 0.343 e. The second-order valence-electron chi connectivity index (χ2n) is 11.5. The number of carbonyl (C=O) groups is 3. The number of amides is 2. The Labute approximate surface area is 228 Å². The van der Waals surface area contributed by atoms with Gasteiger partial charge in [0, 0.05) is 32.1 Å². The summed E-state index contributed by atoms with van der Waals surface area (Å²) in [5.41, 5.74) is 2.29. The van der Waals surface area contributed by atoms with E-state index < -0.39 is 6.04 Å². The number of ketones is 1. The van der Waals surface area contributed by atoms with Crippen LogP contribution in [0.15, 0.2) is 36.9 Å². The van der Waals surface area contributed by atoms with Crippen molar-refractivity contribution in [3.05, 3.63) is 48.0 Å². The van der Waals surface area contributed by atoms with Crippen molar-refractivity contribution in [2.24, 2.45) is 11.8 Å². The van der Waals surface area contributed by atoms with Crippen molar-refractivity contribution in [2.45, 2.75) is 82.8 Å². The van der Waals surface area contributed by atoms with Crippen LogP contribution in [0.4, 0.5) is 0 Å². The van der Waals surface area contributed by atoms with E-state index in [1.807, 2.05) is 25.1 Å². The summed E-state index contributed by atoms with van der Waals surface area (Å²) in [7, 11) is 1.78. The maximum absolute atomic E-state index is 14.0. The number of nitrogens with one attached hydrogen (secondary N) is 2. The molecule has 2 aliphatic heterocycles. The third-order valence-electron chi connectivity index (χ3n) is 9.15. The molecule has 2 N–H and O–H groups in total. The minimum Gasteiger partial charge on any atom is -0.343 e. The van der Waals surface area contributed by atoms with Gasteiger partial charge in [0.05, 0.1) is 6.04 Å². The zero-order chi connectivity index (χ0) is 27.1. The summed E-state index contributed by atoms with van der Waals surface area (Å²) in [5.74, 6) is 0.828. The molecule has 7 nitrogen and oxygen atoms in total. The monoisotopic (exact) mass is 522 g/mol. The highest BCUT2D eigenvalue weighted by atomic mass is 16.2. The van der Waals surface area contributed by atoms with Crippen LogP contribution in [0.5, 0.6) is 0 Å². The van der Waals surface area contributed by atoms with Gasteiger partial charge >= 0.3 is 0 Å². The van der Waals surface area contributed by atoms with Crippen LogP contribution in [0, 0.1) is 11.8 Å². The summed E-state index contributed by atoms with van der Waals surface area (Å²) < 4.78 is 0. The van der Waals surface area contributed by atoms with Gasteiger partial charge in [-0.25, -0.2) is 0 Å². The Morgan fingerprint density at radius 2 is 1.76 bits per heavy atom. The minimum absolute atomic E-state index is 0.0436. The normalized spacial score (nSPS) is 23.9. The first kappa shape index (κ1) is 28.5. The molecule has 1 aliphatic carbocycles. The van der Waals surface area contributed by atoms with E-state index in [1.54, 1.807) is 7.05 Å². The molecule has 2 saturated heterocycles. The van der Waals surface area contributed by atoms with Crippen molar-refractivity contribution in [1.82, 2.24) is 20.4 Å². The Kier molecular flexibility index (Phi) is 10.1. The highest BCUT2D eigenvalue weighted by Crippen LogP contribution is 2.34. The van der Waals surface area contributed by atoms with Crippen molar-refractivity contribution in [3.8, 4) is 0 Å². The SMILES string of the molecule is C=CC(=O)Cc1ccccc1CCN1CC[C@@H]2CCN(C(=O)[C@@H](NC(=O)[C@H](C)NC)C3CCCCC3)[C@@H]2C1. The first-order chi connectivity index (χ1) is 18.4. The van der Waals surface area contributed by atoms with E-state index in [0.29, 0.717) is 12.3 Å². The molecular formula is C31H46N4O3. The summed E-state index contributed by atoms with van der Waals surface area (Å²) in [6.07, 6.45) is 10.3. The number of hydrogen-bond donors (Lipinski definition) is 2. The molecule has 0 bridgehead atoms. The van der Waals surface area contributed by atoms with Crippen molar-refractivity contribution >= 4 is 17.6 Å². The van der Waals surface area contributed by atoms with E-state index in [0.717, 1.165) is 76.7 Å². The molecular weight excluding hydrogens is 476 g/mol. The van der Waals surface area contributed by atoms with Crippen LogP contribution in [-0.4, -0.2) is 78.7 Å². The number of rotatable bonds is 11. The summed E-state index contributed by atoms with van der Waals surface area (Å²) in [4.78, 5) is 43.4. The number of allylic oxidation sites excluding steroid dienone is 1. The lowest BCUT2D eigenvalue weighted by molar-refractivity contribution is -0.140. The van der Waals surface area contributed by atoms with Gasteiger partial charge in [0.15, 0.2) is 5.78 Å². The van der Waals surface area contributed by atoms with Crippen molar-refractivity contribution in [2.75, 3.05) is 33.2 Å². The van der Waals surface area contributed by atoms with Gasteiger partial charge in [0.2, 0.25) is 11.8 Å². The van der Waals surface area contributed by atoms with E-state index in [9.17, 15) is 14.4 Å². The topological polar surface area (TPSA) is 81.8 Å². The summed E-state index contributed by atoms with van der Waals surface area (Å²) in [5, 5.41) is 6.16. The molecule has 38 heavy (non-hydrogen) atoms. The molecule has 1 aromatic carbocycles. The van der Waals surface area contributed by atoms with Crippen LogP contribution in [0.2, 0.25) is 0 Å². The van der Waals surface area contributed by atoms with Crippen LogP contribution in [0.1, 0.15) is 63.0 Å². The third-order valence-corrected chi connectivity index (χ3v) is 9.15. The fourth-order valence-corrected chi connectivity index (χ4v) is 6.63. The van der Waals surface area contributed by atoms with E-state index in [1.165, 1.54) is 18.1 Å². The molecule has 3 aliphatic rings. The third kappa shape index (κ3) is 6.92. The van der Waals surface area contributed by atoms with Crippen LogP contribution in [0.25, 0.3) is 0 Å². The first-order valence-electron chi connectivity index (χ1n) is 14.6. The highest BCUT2D eigenvalue weighted by molar-refractivity contribution is 5.91. The zero-order valence-corrected chi connectivity index (χ0v) is 23.3. The Morgan fingerprint density at radius 1 is 1.05 bits per heavy atom. The fourth-order valence-electron chi connectivity index (χ4n) is 6.63. The van der Waals surface area contributed by atoms with E-state index in [2.05, 4.69) is 33.1 Å². The van der Waals surface area contributed by atoms with Crippen molar-refractivity contribution in [1.29, 1.82) is 0 Å². The standard InChI is InChI=1S/C31H46N4O3/c1-4-27(36)20-26-13-9-8-10-23(26)14-17-34-18-15-24-16-19-35(28(24)21-34)31(38)29(25-11-6-5-7-12-25)33-30(37)22(2)32-3/h4,8-10,13,22,24-25,28-29,32H,1,5-7,11-12,14-21H2,2-3H3,(H,33,37)/t22-,24+,28+,29-/m0/s1. The number of likely N-dealkylation sites (N-methyl/N-ethyl adjacent to an activating group) is 1. The van der Waals surface area contributed by atoms with Crippen LogP contribution in [-0.2, 0) is 27.2 Å². The van der Waals surface area contributed by atoms with Crippen LogP contribution in [0.3, 0.4) is 0 Å². The predicted octanol–water partition coefficient (Wildman–Crippen LogP) is 3.12. The van der Waals surface area contributed by atoms with Gasteiger partial charge in [-0.1, -0.05) is 50.1 Å². The van der Waals surface area contributed by atoms with Crippen molar-refractivity contribution in [3.63, 3.8) is 0 Å². The Morgan fingerprint density at radius 3 is 2.47 bits per heavy atom. The molecule has 3 fully saturated rings. The van der Waals surface area contributed by atoms with Gasteiger partial charge in [-0.2, -0.15) is 0 Å². The quantitative estimate of drug-likeness (QED) is 0.437. The Hall–Kier alpha value is -2.51. The molecule has 208 valence electrons. The van der Waals surface area contributed by atoms with E-state index in [-0.39, 0.29) is 35.6 Å². The summed E-state index contributed by atoms with van der Waals surface area (Å²) in [6.45, 7) is 9.07. The van der Waals surface area contributed by atoms with Gasteiger partial charge in [-0.3, -0.25) is 14.4 Å². The highest BCUT2D eigenvalue weighted by Gasteiger charge is 2.44. The molecule has 2 amide bonds. The average molecular weight is 523 g/mol. The molecule has 0 aromatic heterocycles. The minimum atomic E-state index is -0.429. The second kappa shape index (κ2) is 13.5. The number of carbonyl (C=O) groups excluding carboxylic acids is 3. The van der Waals surface area contributed by atoms with Crippen LogP contribution >= 0.6 is 0 Å². The predicted molar refractivity (Wildman–Crippen MR) is 151 cm³/mol. The second-order valence-corrected chi connectivity index (χ2v) is 11.5. The van der Waals surface area contributed by atoms with Gasteiger partial charge < -0.3 is 20.4 Å². The lowest BCUT2D eigenvalue weighted by atomic mass is 9.83. The molecule has 1 saturated carbocycles. The van der Waals surface area contributed by atoms with E-state index >= 15 is 0 Å². The first-order valence-corrected chi connectivity index (χ1v) is 14.6. The fraction of sp³-hybridized carbons (Fsp3) is 0.645. The number of nitrogens with zero attached hydrogens (tertiary/aromatic N) is 2. The van der Waals surface area contributed by atoms with Gasteiger partial charge in [-0.15, -0.1) is 0 Å². The van der Waals surface area contributed by atoms with E-state index in [4.69, 9.17) is 0 Å². The molecule has 2 heterocycles. The number of hydrogen-bond acceptors (Lipinski definition) is 5. The van der Waals surface area contributed by atoms with Gasteiger partial charge in [0.1, 0.15) is 6.04 Å². The lowest BCUT2D eigenvalue weighted by Gasteiger charge is -2.41. The Balaban J connectivity index is 1.42. The Bertz CT molecular complexity index is 989. The lowest BCUT2D eigenvalue weighted by Crippen LogP contribution is -2.58. The summed E-state index contributed by atoms with van der Waals surface area (Å²) in [6, 6.07) is 7.63. The average Bonchev–Trinajstić information content (AvgIpc) is 3.38. The number of benzene rings is 1.